The monoisotopic (exact) mass is 370 g/mol. The van der Waals surface area contributed by atoms with Crippen LogP contribution in [0.5, 0.6) is 0 Å². The van der Waals surface area contributed by atoms with Gasteiger partial charge < -0.3 is 5.73 Å². The van der Waals surface area contributed by atoms with E-state index in [1.54, 1.807) is 0 Å². The highest BCUT2D eigenvalue weighted by Crippen LogP contribution is 2.37. The van der Waals surface area contributed by atoms with Gasteiger partial charge in [-0.15, -0.1) is 0 Å². The predicted octanol–water partition coefficient (Wildman–Crippen LogP) is 3.54. The van der Waals surface area contributed by atoms with E-state index in [0.29, 0.717) is 5.02 Å². The number of rotatable bonds is 3. The second-order valence-corrected chi connectivity index (χ2v) is 8.23. The van der Waals surface area contributed by atoms with Gasteiger partial charge in [-0.1, -0.05) is 41.2 Å². The molecule has 8 heteroatoms. The Morgan fingerprint density at radius 2 is 1.81 bits per heavy atom. The lowest BCUT2D eigenvalue weighted by molar-refractivity contribution is 0.196. The summed E-state index contributed by atoms with van der Waals surface area (Å²) < 4.78 is 27.4. The zero-order valence-electron chi connectivity index (χ0n) is 11.5. The minimum absolute atomic E-state index is 0.0287. The quantitative estimate of drug-likeness (QED) is 0.884. The molecule has 1 aromatic carbocycles. The minimum Gasteiger partial charge on any atom is -0.329 e. The SMILES string of the molecule is CC1CCCC(CN)N1S(=O)(=O)c1c(Cl)cc(Cl)cc1Cl. The summed E-state index contributed by atoms with van der Waals surface area (Å²) in [5.74, 6) is 0. The van der Waals surface area contributed by atoms with Gasteiger partial charge in [-0.25, -0.2) is 8.42 Å². The average molecular weight is 372 g/mol. The zero-order chi connectivity index (χ0) is 15.8. The summed E-state index contributed by atoms with van der Waals surface area (Å²) in [5, 5.41) is 0.355. The van der Waals surface area contributed by atoms with Crippen LogP contribution in [-0.4, -0.2) is 31.4 Å². The third-order valence-corrected chi connectivity index (χ3v) is 6.93. The van der Waals surface area contributed by atoms with E-state index in [4.69, 9.17) is 40.5 Å². The van der Waals surface area contributed by atoms with E-state index in [2.05, 4.69) is 0 Å². The molecule has 0 spiro atoms. The highest BCUT2D eigenvalue weighted by molar-refractivity contribution is 7.89. The van der Waals surface area contributed by atoms with Gasteiger partial charge >= 0.3 is 0 Å². The number of piperidine rings is 1. The van der Waals surface area contributed by atoms with Gasteiger partial charge in [0.1, 0.15) is 4.90 Å². The number of halogens is 3. The van der Waals surface area contributed by atoms with E-state index in [9.17, 15) is 8.42 Å². The molecule has 0 radical (unpaired) electrons. The van der Waals surface area contributed by atoms with Crippen LogP contribution in [0, 0.1) is 0 Å². The molecule has 1 saturated heterocycles. The Balaban J connectivity index is 2.55. The van der Waals surface area contributed by atoms with E-state index in [1.165, 1.54) is 16.4 Å². The Kier molecular flexibility index (Phi) is 5.45. The Labute approximate surface area is 140 Å². The molecular weight excluding hydrogens is 355 g/mol. The molecule has 1 heterocycles. The van der Waals surface area contributed by atoms with Crippen LogP contribution >= 0.6 is 34.8 Å². The fraction of sp³-hybridized carbons (Fsp3) is 0.538. The lowest BCUT2D eigenvalue weighted by Crippen LogP contribution is -2.51. The molecule has 0 saturated carbocycles. The number of nitrogens with zero attached hydrogens (tertiary/aromatic N) is 1. The van der Waals surface area contributed by atoms with Crippen LogP contribution in [-0.2, 0) is 10.0 Å². The predicted molar refractivity (Wildman–Crippen MR) is 86.7 cm³/mol. The Bertz CT molecular complexity index is 613. The summed E-state index contributed by atoms with van der Waals surface area (Å²) in [7, 11) is -3.82. The molecule has 0 bridgehead atoms. The maximum absolute atomic E-state index is 13.0. The first-order chi connectivity index (χ1) is 9.78. The number of hydrogen-bond donors (Lipinski definition) is 1. The molecule has 1 aromatic rings. The molecule has 2 N–H and O–H groups in total. The van der Waals surface area contributed by atoms with Crippen molar-refractivity contribution in [3.8, 4) is 0 Å². The lowest BCUT2D eigenvalue weighted by atomic mass is 10.00. The maximum Gasteiger partial charge on any atom is 0.246 e. The summed E-state index contributed by atoms with van der Waals surface area (Å²) in [5.41, 5.74) is 5.74. The first kappa shape index (κ1) is 17.3. The molecule has 0 amide bonds. The van der Waals surface area contributed by atoms with Crippen LogP contribution in [0.1, 0.15) is 26.2 Å². The van der Waals surface area contributed by atoms with Gasteiger partial charge in [0.05, 0.1) is 10.0 Å². The zero-order valence-corrected chi connectivity index (χ0v) is 14.6. The van der Waals surface area contributed by atoms with Crippen LogP contribution < -0.4 is 5.73 Å². The smallest absolute Gasteiger partial charge is 0.246 e. The third-order valence-electron chi connectivity index (χ3n) is 3.72. The first-order valence-corrected chi connectivity index (χ1v) is 9.24. The van der Waals surface area contributed by atoms with Crippen molar-refractivity contribution in [3.05, 3.63) is 27.2 Å². The summed E-state index contributed by atoms with van der Waals surface area (Å²) in [6.07, 6.45) is 2.48. The van der Waals surface area contributed by atoms with Gasteiger partial charge in [0.15, 0.2) is 0 Å². The van der Waals surface area contributed by atoms with E-state index in [1.807, 2.05) is 6.92 Å². The molecule has 1 aliphatic heterocycles. The van der Waals surface area contributed by atoms with Crippen molar-refractivity contribution in [2.75, 3.05) is 6.54 Å². The van der Waals surface area contributed by atoms with Gasteiger partial charge in [0.2, 0.25) is 10.0 Å². The minimum atomic E-state index is -3.82. The van der Waals surface area contributed by atoms with Crippen molar-refractivity contribution in [1.29, 1.82) is 0 Å². The molecule has 0 aromatic heterocycles. The van der Waals surface area contributed by atoms with E-state index in [0.717, 1.165) is 19.3 Å². The Hall–Kier alpha value is -0.0400. The molecule has 118 valence electrons. The second kappa shape index (κ2) is 6.60. The number of sulfonamides is 1. The highest BCUT2D eigenvalue weighted by atomic mass is 35.5. The first-order valence-electron chi connectivity index (χ1n) is 6.67. The average Bonchev–Trinajstić information content (AvgIpc) is 2.36. The van der Waals surface area contributed by atoms with Crippen molar-refractivity contribution in [3.63, 3.8) is 0 Å². The van der Waals surface area contributed by atoms with Crippen LogP contribution in [0.15, 0.2) is 17.0 Å². The Morgan fingerprint density at radius 3 is 2.33 bits per heavy atom. The van der Waals surface area contributed by atoms with Crippen LogP contribution in [0.2, 0.25) is 15.1 Å². The molecule has 1 fully saturated rings. The van der Waals surface area contributed by atoms with E-state index < -0.39 is 10.0 Å². The largest absolute Gasteiger partial charge is 0.329 e. The standard InChI is InChI=1S/C13H17Cl3N2O2S/c1-8-3-2-4-10(7-17)18(8)21(19,20)13-11(15)5-9(14)6-12(13)16/h5-6,8,10H,2-4,7,17H2,1H3. The molecule has 4 nitrogen and oxygen atoms in total. The molecule has 2 rings (SSSR count). The Morgan fingerprint density at radius 1 is 1.24 bits per heavy atom. The van der Waals surface area contributed by atoms with Crippen LogP contribution in [0.25, 0.3) is 0 Å². The molecule has 21 heavy (non-hydrogen) atoms. The summed E-state index contributed by atoms with van der Waals surface area (Å²) >= 11 is 18.0. The molecule has 2 unspecified atom stereocenters. The van der Waals surface area contributed by atoms with Crippen molar-refractivity contribution < 1.29 is 8.42 Å². The molecular formula is C13H17Cl3N2O2S. The fourth-order valence-corrected chi connectivity index (χ4v) is 6.19. The van der Waals surface area contributed by atoms with E-state index in [-0.39, 0.29) is 33.6 Å². The van der Waals surface area contributed by atoms with Crippen molar-refractivity contribution >= 4 is 44.8 Å². The summed E-state index contributed by atoms with van der Waals surface area (Å²) in [4.78, 5) is -0.0950. The lowest BCUT2D eigenvalue weighted by Gasteiger charge is -2.39. The van der Waals surface area contributed by atoms with E-state index >= 15 is 0 Å². The molecule has 2 atom stereocenters. The van der Waals surface area contributed by atoms with Crippen molar-refractivity contribution in [2.24, 2.45) is 5.73 Å². The molecule has 1 aliphatic rings. The topological polar surface area (TPSA) is 63.4 Å². The second-order valence-electron chi connectivity index (χ2n) is 5.20. The maximum atomic E-state index is 13.0. The third kappa shape index (κ3) is 3.33. The van der Waals surface area contributed by atoms with Gasteiger partial charge in [-0.2, -0.15) is 4.31 Å². The van der Waals surface area contributed by atoms with Gasteiger partial charge in [0.25, 0.3) is 0 Å². The summed E-state index contributed by atoms with van der Waals surface area (Å²) in [6, 6.07) is 2.39. The number of nitrogens with two attached hydrogens (primary N) is 1. The fourth-order valence-electron chi connectivity index (χ4n) is 2.80. The van der Waals surface area contributed by atoms with Crippen LogP contribution in [0.3, 0.4) is 0 Å². The van der Waals surface area contributed by atoms with Crippen LogP contribution in [0.4, 0.5) is 0 Å². The van der Waals surface area contributed by atoms with Gasteiger partial charge in [-0.05, 0) is 31.9 Å². The summed E-state index contributed by atoms with van der Waals surface area (Å²) in [6.45, 7) is 2.14. The highest BCUT2D eigenvalue weighted by Gasteiger charge is 2.39. The van der Waals surface area contributed by atoms with Crippen molar-refractivity contribution in [1.82, 2.24) is 4.31 Å². The van der Waals surface area contributed by atoms with Gasteiger partial charge in [0, 0.05) is 23.7 Å². The number of benzene rings is 1. The van der Waals surface area contributed by atoms with Gasteiger partial charge in [-0.3, -0.25) is 0 Å². The normalized spacial score (nSPS) is 24.2. The number of hydrogen-bond acceptors (Lipinski definition) is 3. The molecule has 0 aliphatic carbocycles. The van der Waals surface area contributed by atoms with Crippen molar-refractivity contribution in [2.45, 2.75) is 43.2 Å².